The number of rotatable bonds is 5. The lowest BCUT2D eigenvalue weighted by atomic mass is 10.0. The molecule has 1 spiro atoms. The summed E-state index contributed by atoms with van der Waals surface area (Å²) in [5.41, 5.74) is 10.3. The minimum Gasteiger partial charge on any atom is -0.477 e. The predicted octanol–water partition coefficient (Wildman–Crippen LogP) is 2.79. The SMILES string of the molecule is CC(C)(C)OC(=O)NCC1CN=C(/C(=C\N)S(N)(=O)=NC(=O)Nc2c3c(nc4c2CCC42CC2)CCC3)OC1. The lowest BCUT2D eigenvalue weighted by Crippen LogP contribution is -2.39. The summed E-state index contributed by atoms with van der Waals surface area (Å²) in [6.45, 7) is 6.06. The number of aromatic nitrogens is 1. The number of carbonyl (C=O) groups is 2. The first-order valence-electron chi connectivity index (χ1n) is 13.4. The third-order valence-corrected chi connectivity index (χ3v) is 8.92. The molecule has 212 valence electrons. The number of aliphatic imine (C=N–C) groups is 1. The Hall–Kier alpha value is -3.19. The highest BCUT2D eigenvalue weighted by Crippen LogP contribution is 2.58. The zero-order chi connectivity index (χ0) is 28.0. The number of hydrogen-bond acceptors (Lipinski definition) is 8. The van der Waals surface area contributed by atoms with E-state index < -0.39 is 27.6 Å². The summed E-state index contributed by atoms with van der Waals surface area (Å²) in [4.78, 5) is 34.1. The number of alkyl carbamates (subject to hydrolysis) is 1. The van der Waals surface area contributed by atoms with Crippen molar-refractivity contribution >= 4 is 33.6 Å². The van der Waals surface area contributed by atoms with Crippen molar-refractivity contribution in [3.05, 3.63) is 33.6 Å². The molecular weight excluding hydrogens is 522 g/mol. The Kier molecular flexibility index (Phi) is 7.08. The van der Waals surface area contributed by atoms with Crippen LogP contribution in [0.25, 0.3) is 0 Å². The molecule has 1 aromatic rings. The van der Waals surface area contributed by atoms with Gasteiger partial charge in [0.25, 0.3) is 0 Å². The van der Waals surface area contributed by atoms with Crippen LogP contribution in [0, 0.1) is 5.92 Å². The van der Waals surface area contributed by atoms with E-state index in [9.17, 15) is 13.8 Å². The topological polar surface area (TPSA) is 183 Å². The first-order chi connectivity index (χ1) is 18.4. The van der Waals surface area contributed by atoms with Crippen molar-refractivity contribution in [2.24, 2.45) is 26.1 Å². The Morgan fingerprint density at radius 2 is 2.00 bits per heavy atom. The standard InChI is InChI=1S/C26H37N7O5S/c1-25(2,3)38-24(35)30-13-15-12-29-22(37-14-15)19(11-27)39(28,36)33-23(34)32-20-16-5-4-6-18(16)31-21-17(20)7-8-26(21)9-10-26/h11,15H,4-10,12-14,27H2,1-3H3,(H,30,35)(H3,28,31,32,33,34,36)/b19-11+. The third kappa shape index (κ3) is 5.74. The van der Waals surface area contributed by atoms with Gasteiger partial charge in [-0.3, -0.25) is 9.98 Å². The number of carbonyl (C=O) groups excluding carboxylic acids is 2. The molecule has 13 heteroatoms. The first kappa shape index (κ1) is 27.4. The van der Waals surface area contributed by atoms with Gasteiger partial charge in [0.05, 0.1) is 24.5 Å². The quantitative estimate of drug-likeness (QED) is 0.427. The van der Waals surface area contributed by atoms with Gasteiger partial charge in [0.1, 0.15) is 10.5 Å². The second-order valence-electron chi connectivity index (χ2n) is 11.7. The molecule has 39 heavy (non-hydrogen) atoms. The van der Waals surface area contributed by atoms with Gasteiger partial charge >= 0.3 is 12.1 Å². The van der Waals surface area contributed by atoms with E-state index in [1.165, 1.54) is 0 Å². The zero-order valence-electron chi connectivity index (χ0n) is 22.7. The lowest BCUT2D eigenvalue weighted by molar-refractivity contribution is 0.0513. The van der Waals surface area contributed by atoms with E-state index in [2.05, 4.69) is 20.0 Å². The van der Waals surface area contributed by atoms with Crippen molar-refractivity contribution in [1.29, 1.82) is 0 Å². The van der Waals surface area contributed by atoms with Crippen LogP contribution in [0.5, 0.6) is 0 Å². The summed E-state index contributed by atoms with van der Waals surface area (Å²) in [7, 11) is -3.76. The smallest absolute Gasteiger partial charge is 0.407 e. The van der Waals surface area contributed by atoms with Crippen LogP contribution in [-0.4, -0.2) is 52.5 Å². The maximum Gasteiger partial charge on any atom is 0.407 e. The van der Waals surface area contributed by atoms with Crippen LogP contribution in [0.1, 0.15) is 69.0 Å². The first-order valence-corrected chi connectivity index (χ1v) is 15.0. The molecule has 3 amide bonds. The summed E-state index contributed by atoms with van der Waals surface area (Å²) < 4.78 is 28.1. The van der Waals surface area contributed by atoms with Gasteiger partial charge in [-0.15, -0.1) is 4.36 Å². The van der Waals surface area contributed by atoms with Gasteiger partial charge in [-0.25, -0.2) is 18.9 Å². The van der Waals surface area contributed by atoms with E-state index >= 15 is 0 Å². The average Bonchev–Trinajstić information content (AvgIpc) is 3.32. The molecule has 5 rings (SSSR count). The van der Waals surface area contributed by atoms with Crippen LogP contribution in [0.15, 0.2) is 20.5 Å². The molecule has 2 atom stereocenters. The molecule has 2 unspecified atom stereocenters. The Morgan fingerprint density at radius 1 is 1.23 bits per heavy atom. The Bertz CT molecular complexity index is 1380. The minimum atomic E-state index is -3.76. The lowest BCUT2D eigenvalue weighted by Gasteiger charge is -2.24. The highest BCUT2D eigenvalue weighted by atomic mass is 32.2. The third-order valence-electron chi connectivity index (χ3n) is 7.54. The van der Waals surface area contributed by atoms with Crippen LogP contribution < -0.4 is 21.5 Å². The maximum atomic E-state index is 13.4. The number of amides is 3. The predicted molar refractivity (Wildman–Crippen MR) is 148 cm³/mol. The Morgan fingerprint density at radius 3 is 2.64 bits per heavy atom. The molecule has 3 aliphatic carbocycles. The highest BCUT2D eigenvalue weighted by molar-refractivity contribution is 7.96. The van der Waals surface area contributed by atoms with Gasteiger partial charge in [0.2, 0.25) is 5.90 Å². The summed E-state index contributed by atoms with van der Waals surface area (Å²) in [5.74, 6) is -0.170. The summed E-state index contributed by atoms with van der Waals surface area (Å²) in [5, 5.41) is 11.6. The van der Waals surface area contributed by atoms with Gasteiger partial charge in [-0.2, -0.15) is 0 Å². The number of aryl methyl sites for hydroxylation is 1. The van der Waals surface area contributed by atoms with E-state index in [4.69, 9.17) is 25.3 Å². The summed E-state index contributed by atoms with van der Waals surface area (Å²) >= 11 is 0. The van der Waals surface area contributed by atoms with Crippen LogP contribution in [0.4, 0.5) is 15.3 Å². The van der Waals surface area contributed by atoms with E-state index in [-0.39, 0.29) is 41.8 Å². The van der Waals surface area contributed by atoms with Crippen molar-refractivity contribution in [3.63, 3.8) is 0 Å². The zero-order valence-corrected chi connectivity index (χ0v) is 23.5. The van der Waals surface area contributed by atoms with Gasteiger partial charge in [0.15, 0.2) is 9.92 Å². The molecular formula is C26H37N7O5S. The molecule has 12 nitrogen and oxygen atoms in total. The van der Waals surface area contributed by atoms with Crippen molar-refractivity contribution in [2.75, 3.05) is 25.0 Å². The molecule has 0 bridgehead atoms. The van der Waals surface area contributed by atoms with Crippen LogP contribution in [0.3, 0.4) is 0 Å². The van der Waals surface area contributed by atoms with Crippen molar-refractivity contribution < 1.29 is 23.3 Å². The van der Waals surface area contributed by atoms with Gasteiger partial charge in [-0.05, 0) is 76.8 Å². The number of nitrogens with one attached hydrogen (secondary N) is 2. The number of urea groups is 1. The van der Waals surface area contributed by atoms with E-state index in [0.717, 1.165) is 79.3 Å². The minimum absolute atomic E-state index is 0.0311. The average molecular weight is 560 g/mol. The Balaban J connectivity index is 1.28. The van der Waals surface area contributed by atoms with Crippen molar-refractivity contribution in [3.8, 4) is 0 Å². The van der Waals surface area contributed by atoms with Gasteiger partial charge < -0.3 is 25.8 Å². The fourth-order valence-electron chi connectivity index (χ4n) is 5.49. The summed E-state index contributed by atoms with van der Waals surface area (Å²) in [6, 6.07) is -0.808. The molecule has 0 radical (unpaired) electrons. The second-order valence-corrected chi connectivity index (χ2v) is 13.5. The number of hydrogen-bond donors (Lipinski definition) is 4. The number of pyridine rings is 1. The molecule has 1 aromatic heterocycles. The molecule has 1 saturated carbocycles. The number of nitrogens with zero attached hydrogens (tertiary/aromatic N) is 3. The van der Waals surface area contributed by atoms with Crippen LogP contribution in [-0.2, 0) is 44.1 Å². The van der Waals surface area contributed by atoms with E-state index in [1.807, 2.05) is 0 Å². The monoisotopic (exact) mass is 559 g/mol. The molecule has 0 aromatic carbocycles. The van der Waals surface area contributed by atoms with Crippen LogP contribution in [0.2, 0.25) is 0 Å². The van der Waals surface area contributed by atoms with E-state index in [0.29, 0.717) is 0 Å². The number of ether oxygens (including phenoxy) is 2. The molecule has 1 fully saturated rings. The second kappa shape index (κ2) is 10.1. The largest absolute Gasteiger partial charge is 0.477 e. The van der Waals surface area contributed by atoms with Crippen molar-refractivity contribution in [1.82, 2.24) is 10.3 Å². The molecule has 0 saturated heterocycles. The number of anilines is 1. The van der Waals surface area contributed by atoms with Gasteiger partial charge in [0, 0.05) is 29.8 Å². The maximum absolute atomic E-state index is 13.4. The molecule has 2 heterocycles. The van der Waals surface area contributed by atoms with Gasteiger partial charge in [-0.1, -0.05) is 0 Å². The highest BCUT2D eigenvalue weighted by Gasteiger charge is 2.51. The summed E-state index contributed by atoms with van der Waals surface area (Å²) in [6.07, 6.45) is 7.33. The van der Waals surface area contributed by atoms with E-state index in [1.54, 1.807) is 20.8 Å². The molecule has 6 N–H and O–H groups in total. The molecule has 1 aliphatic heterocycles. The molecule has 4 aliphatic rings. The Labute approximate surface area is 228 Å². The van der Waals surface area contributed by atoms with Crippen molar-refractivity contribution in [2.45, 2.75) is 76.7 Å². The fraction of sp³-hybridized carbons (Fsp3) is 0.615. The fourth-order valence-corrected chi connectivity index (χ4v) is 6.45. The normalized spacial score (nSPS) is 22.6. The van der Waals surface area contributed by atoms with Crippen LogP contribution >= 0.6 is 0 Å². The number of nitrogens with two attached hydrogens (primary N) is 2. The number of fused-ring (bicyclic) bond motifs is 3.